The molecule has 0 aliphatic carbocycles. The van der Waals surface area contributed by atoms with Gasteiger partial charge >= 0.3 is 5.97 Å². The van der Waals surface area contributed by atoms with Crippen LogP contribution in [0, 0.1) is 0 Å². The molecule has 0 aromatic heterocycles. The lowest BCUT2D eigenvalue weighted by Gasteiger charge is -2.17. The molecule has 120 valence electrons. The fraction of sp³-hybridized carbons (Fsp3) is 0.944. The number of rotatable bonds is 14. The van der Waals surface area contributed by atoms with E-state index in [-0.39, 0.29) is 12.1 Å². The lowest BCUT2D eigenvalue weighted by Crippen LogP contribution is -2.18. The summed E-state index contributed by atoms with van der Waals surface area (Å²) in [4.78, 5) is 11.8. The first-order chi connectivity index (χ1) is 9.74. The van der Waals surface area contributed by atoms with E-state index in [2.05, 4.69) is 20.8 Å². The highest BCUT2D eigenvalue weighted by atomic mass is 16.5. The quantitative estimate of drug-likeness (QED) is 0.287. The van der Waals surface area contributed by atoms with E-state index >= 15 is 0 Å². The van der Waals surface area contributed by atoms with Crippen LogP contribution >= 0.6 is 0 Å². The maximum absolute atomic E-state index is 11.8. The molecule has 2 nitrogen and oxygen atoms in total. The highest BCUT2D eigenvalue weighted by Crippen LogP contribution is 2.14. The Morgan fingerprint density at radius 1 is 0.750 bits per heavy atom. The third-order valence-electron chi connectivity index (χ3n) is 3.77. The molecule has 0 saturated carbocycles. The Morgan fingerprint density at radius 3 is 2.00 bits per heavy atom. The maximum atomic E-state index is 11.8. The van der Waals surface area contributed by atoms with Crippen LogP contribution in [0.3, 0.4) is 0 Å². The average molecular weight is 284 g/mol. The van der Waals surface area contributed by atoms with E-state index in [4.69, 9.17) is 4.74 Å². The Hall–Kier alpha value is -0.530. The summed E-state index contributed by atoms with van der Waals surface area (Å²) in [6.45, 7) is 6.59. The number of hydrogen-bond donors (Lipinski definition) is 0. The van der Waals surface area contributed by atoms with Crippen LogP contribution in [0.1, 0.15) is 104 Å². The van der Waals surface area contributed by atoms with Crippen molar-refractivity contribution in [3.8, 4) is 0 Å². The van der Waals surface area contributed by atoms with Crippen molar-refractivity contribution in [2.24, 2.45) is 0 Å². The largest absolute Gasteiger partial charge is 0.462 e. The summed E-state index contributed by atoms with van der Waals surface area (Å²) in [5.74, 6) is 0.0236. The van der Waals surface area contributed by atoms with Gasteiger partial charge in [0.05, 0.1) is 0 Å². The van der Waals surface area contributed by atoms with Gasteiger partial charge in [-0.05, 0) is 25.7 Å². The lowest BCUT2D eigenvalue weighted by atomic mass is 10.1. The minimum Gasteiger partial charge on any atom is -0.462 e. The molecule has 0 heterocycles. The fourth-order valence-electron chi connectivity index (χ4n) is 2.50. The Morgan fingerprint density at radius 2 is 1.35 bits per heavy atom. The number of esters is 1. The number of unbranched alkanes of at least 4 members (excludes halogenated alkanes) is 7. The summed E-state index contributed by atoms with van der Waals surface area (Å²) in [6.07, 6.45) is 14.9. The van der Waals surface area contributed by atoms with E-state index < -0.39 is 0 Å². The van der Waals surface area contributed by atoms with E-state index in [1.165, 1.54) is 51.4 Å². The standard InChI is InChI=1S/C18H36O2/c1-4-7-9-10-11-13-16-18(19)20-17(14-6-3)15-12-8-5-2/h17H,4-16H2,1-3H3. The van der Waals surface area contributed by atoms with E-state index in [0.717, 1.165) is 25.7 Å². The van der Waals surface area contributed by atoms with Crippen LogP contribution in [0.5, 0.6) is 0 Å². The molecule has 0 aromatic carbocycles. The van der Waals surface area contributed by atoms with Crippen LogP contribution in [-0.2, 0) is 9.53 Å². The van der Waals surface area contributed by atoms with Crippen LogP contribution in [0.15, 0.2) is 0 Å². The lowest BCUT2D eigenvalue weighted by molar-refractivity contribution is -0.150. The molecule has 0 rings (SSSR count). The topological polar surface area (TPSA) is 26.3 Å². The monoisotopic (exact) mass is 284 g/mol. The SMILES string of the molecule is CCCCCCCCC(=O)OC(CCC)CCCCC. The molecule has 0 N–H and O–H groups in total. The van der Waals surface area contributed by atoms with E-state index in [9.17, 15) is 4.79 Å². The number of carbonyl (C=O) groups excluding carboxylic acids is 1. The van der Waals surface area contributed by atoms with Gasteiger partial charge in [-0.2, -0.15) is 0 Å². The molecule has 0 bridgehead atoms. The van der Waals surface area contributed by atoms with Crippen molar-refractivity contribution >= 4 is 5.97 Å². The molecule has 1 atom stereocenters. The summed E-state index contributed by atoms with van der Waals surface area (Å²) in [7, 11) is 0. The van der Waals surface area contributed by atoms with Gasteiger partial charge in [0.2, 0.25) is 0 Å². The molecule has 0 aromatic rings. The van der Waals surface area contributed by atoms with Gasteiger partial charge < -0.3 is 4.74 Å². The van der Waals surface area contributed by atoms with Crippen molar-refractivity contribution in [2.45, 2.75) is 110 Å². The summed E-state index contributed by atoms with van der Waals surface area (Å²) >= 11 is 0. The first-order valence-electron chi connectivity index (χ1n) is 8.94. The molecule has 0 fully saturated rings. The minimum absolute atomic E-state index is 0.0236. The van der Waals surface area contributed by atoms with Gasteiger partial charge in [0, 0.05) is 6.42 Å². The number of carbonyl (C=O) groups is 1. The third-order valence-corrected chi connectivity index (χ3v) is 3.77. The molecule has 0 aliphatic rings. The summed E-state index contributed by atoms with van der Waals surface area (Å²) in [5, 5.41) is 0. The number of ether oxygens (including phenoxy) is 1. The van der Waals surface area contributed by atoms with Gasteiger partial charge in [-0.3, -0.25) is 4.79 Å². The van der Waals surface area contributed by atoms with Crippen molar-refractivity contribution in [3.63, 3.8) is 0 Å². The van der Waals surface area contributed by atoms with E-state index in [0.29, 0.717) is 6.42 Å². The van der Waals surface area contributed by atoms with Gasteiger partial charge in [0.25, 0.3) is 0 Å². The molecule has 0 radical (unpaired) electrons. The zero-order valence-electron chi connectivity index (χ0n) is 14.1. The van der Waals surface area contributed by atoms with Gasteiger partial charge in [-0.15, -0.1) is 0 Å². The zero-order valence-corrected chi connectivity index (χ0v) is 14.1. The normalized spacial score (nSPS) is 12.3. The smallest absolute Gasteiger partial charge is 0.306 e. The molecule has 1 unspecified atom stereocenters. The summed E-state index contributed by atoms with van der Waals surface area (Å²) in [5.41, 5.74) is 0. The van der Waals surface area contributed by atoms with Crippen molar-refractivity contribution in [2.75, 3.05) is 0 Å². The Labute approximate surface area is 126 Å². The van der Waals surface area contributed by atoms with Crippen LogP contribution in [0.25, 0.3) is 0 Å². The van der Waals surface area contributed by atoms with Crippen molar-refractivity contribution in [1.29, 1.82) is 0 Å². The highest BCUT2D eigenvalue weighted by molar-refractivity contribution is 5.69. The highest BCUT2D eigenvalue weighted by Gasteiger charge is 2.12. The zero-order chi connectivity index (χ0) is 15.1. The molecule has 0 aliphatic heterocycles. The van der Waals surface area contributed by atoms with Crippen molar-refractivity contribution < 1.29 is 9.53 Å². The van der Waals surface area contributed by atoms with Gasteiger partial charge in [0.1, 0.15) is 6.10 Å². The van der Waals surface area contributed by atoms with Crippen molar-refractivity contribution in [3.05, 3.63) is 0 Å². The average Bonchev–Trinajstić information content (AvgIpc) is 2.43. The first kappa shape index (κ1) is 19.5. The molecule has 2 heteroatoms. The van der Waals surface area contributed by atoms with Crippen LogP contribution < -0.4 is 0 Å². The molecule has 0 spiro atoms. The Balaban J connectivity index is 3.66. The second kappa shape index (κ2) is 14.9. The van der Waals surface area contributed by atoms with Gasteiger partial charge in [-0.25, -0.2) is 0 Å². The minimum atomic E-state index is 0.0236. The van der Waals surface area contributed by atoms with Crippen LogP contribution in [0.2, 0.25) is 0 Å². The molecular formula is C18H36O2. The van der Waals surface area contributed by atoms with E-state index in [1.807, 2.05) is 0 Å². The van der Waals surface area contributed by atoms with Crippen molar-refractivity contribution in [1.82, 2.24) is 0 Å². The fourth-order valence-corrected chi connectivity index (χ4v) is 2.50. The van der Waals surface area contributed by atoms with Gasteiger partial charge in [-0.1, -0.05) is 72.1 Å². The molecule has 20 heavy (non-hydrogen) atoms. The number of hydrogen-bond acceptors (Lipinski definition) is 2. The van der Waals surface area contributed by atoms with Crippen LogP contribution in [-0.4, -0.2) is 12.1 Å². The second-order valence-electron chi connectivity index (χ2n) is 5.91. The molecular weight excluding hydrogens is 248 g/mol. The summed E-state index contributed by atoms with van der Waals surface area (Å²) in [6, 6.07) is 0. The Kier molecular flexibility index (Phi) is 14.5. The third kappa shape index (κ3) is 12.5. The van der Waals surface area contributed by atoms with E-state index in [1.54, 1.807) is 0 Å². The molecule has 0 amide bonds. The summed E-state index contributed by atoms with van der Waals surface area (Å²) < 4.78 is 5.63. The van der Waals surface area contributed by atoms with Gasteiger partial charge in [0.15, 0.2) is 0 Å². The predicted molar refractivity (Wildman–Crippen MR) is 86.9 cm³/mol. The molecule has 0 saturated heterocycles. The maximum Gasteiger partial charge on any atom is 0.306 e. The first-order valence-corrected chi connectivity index (χ1v) is 8.94. The second-order valence-corrected chi connectivity index (χ2v) is 5.91. The predicted octanol–water partition coefficient (Wildman–Crippen LogP) is 6.03. The van der Waals surface area contributed by atoms with Crippen LogP contribution in [0.4, 0.5) is 0 Å². The Bertz CT molecular complexity index is 213.